The fourth-order valence-corrected chi connectivity index (χ4v) is 2.98. The number of carbonyl (C=O) groups excluding carboxylic acids is 2. The van der Waals surface area contributed by atoms with Crippen LogP contribution in [0.15, 0.2) is 60.8 Å². The molecule has 0 aliphatic rings. The lowest BCUT2D eigenvalue weighted by atomic mass is 10.2. The zero-order valence-electron chi connectivity index (χ0n) is 15.7. The van der Waals surface area contributed by atoms with E-state index in [2.05, 4.69) is 10.4 Å². The monoisotopic (exact) mass is 396 g/mol. The van der Waals surface area contributed by atoms with Crippen LogP contribution < -0.4 is 5.32 Å². The van der Waals surface area contributed by atoms with Crippen molar-refractivity contribution < 1.29 is 9.59 Å². The van der Waals surface area contributed by atoms with Gasteiger partial charge in [-0.1, -0.05) is 29.8 Å². The molecule has 28 heavy (non-hydrogen) atoms. The highest BCUT2D eigenvalue weighted by molar-refractivity contribution is 6.30. The lowest BCUT2D eigenvalue weighted by Gasteiger charge is -2.19. The molecule has 3 aromatic rings. The van der Waals surface area contributed by atoms with Gasteiger partial charge in [-0.3, -0.25) is 9.59 Å². The number of hydrogen-bond acceptors (Lipinski definition) is 3. The van der Waals surface area contributed by atoms with Crippen LogP contribution in [0.2, 0.25) is 5.02 Å². The van der Waals surface area contributed by atoms with Crippen molar-refractivity contribution in [3.05, 3.63) is 76.9 Å². The number of rotatable bonds is 6. The second-order valence-electron chi connectivity index (χ2n) is 6.09. The molecule has 2 aromatic carbocycles. The van der Waals surface area contributed by atoms with Crippen LogP contribution in [-0.4, -0.2) is 39.6 Å². The number of nitrogens with one attached hydrogen (secondary N) is 1. The maximum absolute atomic E-state index is 12.9. The smallest absolute Gasteiger partial charge is 0.259 e. The summed E-state index contributed by atoms with van der Waals surface area (Å²) in [5.41, 5.74) is 1.52. The quantitative estimate of drug-likeness (QED) is 0.676. The van der Waals surface area contributed by atoms with E-state index in [1.807, 2.05) is 44.2 Å². The summed E-state index contributed by atoms with van der Waals surface area (Å²) in [5, 5.41) is 7.75. The van der Waals surface area contributed by atoms with Gasteiger partial charge in [-0.25, -0.2) is 4.68 Å². The molecule has 0 aliphatic heterocycles. The van der Waals surface area contributed by atoms with Gasteiger partial charge >= 0.3 is 0 Å². The molecule has 0 saturated carbocycles. The third-order valence-corrected chi connectivity index (χ3v) is 4.64. The Kier molecular flexibility index (Phi) is 6.11. The Hall–Kier alpha value is -3.12. The molecule has 3 rings (SSSR count). The molecule has 1 aromatic heterocycles. The van der Waals surface area contributed by atoms with E-state index in [0.29, 0.717) is 35.1 Å². The van der Waals surface area contributed by atoms with Gasteiger partial charge in [0.2, 0.25) is 0 Å². The fraction of sp³-hybridized carbons (Fsp3) is 0.190. The van der Waals surface area contributed by atoms with E-state index < -0.39 is 0 Å². The van der Waals surface area contributed by atoms with Gasteiger partial charge in [0.25, 0.3) is 11.8 Å². The molecule has 7 heteroatoms. The van der Waals surface area contributed by atoms with Gasteiger partial charge in [0.1, 0.15) is 11.4 Å². The highest BCUT2D eigenvalue weighted by Crippen LogP contribution is 2.23. The number of halogens is 1. The molecule has 1 N–H and O–H groups in total. The average molecular weight is 397 g/mol. The molecule has 1 heterocycles. The van der Waals surface area contributed by atoms with Gasteiger partial charge < -0.3 is 10.2 Å². The Balaban J connectivity index is 2.02. The summed E-state index contributed by atoms with van der Waals surface area (Å²) in [6.45, 7) is 4.96. The minimum atomic E-state index is -0.344. The van der Waals surface area contributed by atoms with E-state index in [1.165, 1.54) is 6.20 Å². The number of amides is 2. The highest BCUT2D eigenvalue weighted by Gasteiger charge is 2.23. The Morgan fingerprint density at radius 3 is 2.29 bits per heavy atom. The van der Waals surface area contributed by atoms with Crippen LogP contribution in [-0.2, 0) is 0 Å². The predicted molar refractivity (Wildman–Crippen MR) is 110 cm³/mol. The molecular formula is C21H21ClN4O2. The van der Waals surface area contributed by atoms with Crippen LogP contribution in [0.25, 0.3) is 5.69 Å². The normalized spacial score (nSPS) is 10.5. The summed E-state index contributed by atoms with van der Waals surface area (Å²) in [7, 11) is 0. The maximum Gasteiger partial charge on any atom is 0.259 e. The molecule has 0 spiro atoms. The number of benzene rings is 2. The van der Waals surface area contributed by atoms with Gasteiger partial charge in [-0.15, -0.1) is 0 Å². The average Bonchev–Trinajstić information content (AvgIpc) is 3.13. The van der Waals surface area contributed by atoms with Crippen molar-refractivity contribution in [3.63, 3.8) is 0 Å². The summed E-state index contributed by atoms with van der Waals surface area (Å²) in [4.78, 5) is 27.4. The van der Waals surface area contributed by atoms with E-state index in [0.717, 1.165) is 5.69 Å². The molecule has 0 fully saturated rings. The molecule has 2 amide bonds. The van der Waals surface area contributed by atoms with Gasteiger partial charge in [-0.2, -0.15) is 5.10 Å². The van der Waals surface area contributed by atoms with E-state index in [4.69, 9.17) is 11.6 Å². The zero-order valence-corrected chi connectivity index (χ0v) is 16.5. The van der Waals surface area contributed by atoms with Gasteiger partial charge in [-0.05, 0) is 50.2 Å². The van der Waals surface area contributed by atoms with Crippen molar-refractivity contribution in [1.82, 2.24) is 14.7 Å². The van der Waals surface area contributed by atoms with E-state index in [9.17, 15) is 9.59 Å². The number of aromatic nitrogens is 2. The standard InChI is InChI=1S/C21H21ClN4O2/c1-3-25(4-2)21(28)18-14-23-26(17-8-6-5-7-9-17)19(18)24-20(27)15-10-12-16(22)13-11-15/h5-14H,3-4H2,1-2H3,(H,24,27). The van der Waals surface area contributed by atoms with Crippen LogP contribution in [0.4, 0.5) is 5.82 Å². The first kappa shape index (κ1) is 19.6. The van der Waals surface area contributed by atoms with E-state index in [-0.39, 0.29) is 11.8 Å². The predicted octanol–water partition coefficient (Wildman–Crippen LogP) is 4.26. The van der Waals surface area contributed by atoms with Crippen molar-refractivity contribution >= 4 is 29.2 Å². The van der Waals surface area contributed by atoms with Gasteiger partial charge in [0.05, 0.1) is 11.9 Å². The lowest BCUT2D eigenvalue weighted by molar-refractivity contribution is 0.0774. The Bertz CT molecular complexity index is 964. The number of nitrogens with zero attached hydrogens (tertiary/aromatic N) is 3. The Morgan fingerprint density at radius 1 is 1.04 bits per heavy atom. The van der Waals surface area contributed by atoms with Crippen molar-refractivity contribution in [2.45, 2.75) is 13.8 Å². The third-order valence-electron chi connectivity index (χ3n) is 4.39. The largest absolute Gasteiger partial charge is 0.339 e. The summed E-state index contributed by atoms with van der Waals surface area (Å²) < 4.78 is 1.56. The molecule has 0 atom stereocenters. The second-order valence-corrected chi connectivity index (χ2v) is 6.53. The van der Waals surface area contributed by atoms with Crippen LogP contribution in [0.1, 0.15) is 34.6 Å². The summed E-state index contributed by atoms with van der Waals surface area (Å²) in [6, 6.07) is 15.9. The molecule has 0 bridgehead atoms. The van der Waals surface area contributed by atoms with Crippen molar-refractivity contribution in [2.24, 2.45) is 0 Å². The molecule has 0 aliphatic carbocycles. The molecule has 0 unspecified atom stereocenters. The number of anilines is 1. The number of hydrogen-bond donors (Lipinski definition) is 1. The Morgan fingerprint density at radius 2 is 1.68 bits per heavy atom. The lowest BCUT2D eigenvalue weighted by Crippen LogP contribution is -2.31. The number of para-hydroxylation sites is 1. The van der Waals surface area contributed by atoms with Crippen molar-refractivity contribution in [2.75, 3.05) is 18.4 Å². The second kappa shape index (κ2) is 8.71. The van der Waals surface area contributed by atoms with Crippen LogP contribution in [0.3, 0.4) is 0 Å². The molecule has 0 radical (unpaired) electrons. The first-order valence-corrected chi connectivity index (χ1v) is 9.42. The summed E-state index contributed by atoms with van der Waals surface area (Å²) in [5.74, 6) is -0.190. The van der Waals surface area contributed by atoms with E-state index in [1.54, 1.807) is 33.8 Å². The maximum atomic E-state index is 12.9. The summed E-state index contributed by atoms with van der Waals surface area (Å²) in [6.07, 6.45) is 1.49. The van der Waals surface area contributed by atoms with Crippen LogP contribution in [0.5, 0.6) is 0 Å². The third kappa shape index (κ3) is 4.07. The van der Waals surface area contributed by atoms with Crippen LogP contribution >= 0.6 is 11.6 Å². The van der Waals surface area contributed by atoms with Crippen molar-refractivity contribution in [1.29, 1.82) is 0 Å². The molecule has 144 valence electrons. The zero-order chi connectivity index (χ0) is 20.1. The topological polar surface area (TPSA) is 67.2 Å². The van der Waals surface area contributed by atoms with Gasteiger partial charge in [0.15, 0.2) is 0 Å². The summed E-state index contributed by atoms with van der Waals surface area (Å²) >= 11 is 5.90. The molecule has 0 saturated heterocycles. The SMILES string of the molecule is CCN(CC)C(=O)c1cnn(-c2ccccc2)c1NC(=O)c1ccc(Cl)cc1. The number of carbonyl (C=O) groups is 2. The Labute approximate surface area is 168 Å². The fourth-order valence-electron chi connectivity index (χ4n) is 2.85. The minimum Gasteiger partial charge on any atom is -0.339 e. The van der Waals surface area contributed by atoms with Crippen LogP contribution in [0, 0.1) is 0 Å². The highest BCUT2D eigenvalue weighted by atomic mass is 35.5. The first-order chi connectivity index (χ1) is 13.5. The molecular weight excluding hydrogens is 376 g/mol. The van der Waals surface area contributed by atoms with Gasteiger partial charge in [0, 0.05) is 23.7 Å². The molecule has 6 nitrogen and oxygen atoms in total. The first-order valence-electron chi connectivity index (χ1n) is 9.04. The van der Waals surface area contributed by atoms with E-state index >= 15 is 0 Å². The van der Waals surface area contributed by atoms with Crippen molar-refractivity contribution in [3.8, 4) is 5.69 Å². The minimum absolute atomic E-state index is 0.182.